The molecule has 0 saturated heterocycles. The van der Waals surface area contributed by atoms with Crippen molar-refractivity contribution < 1.29 is 14.6 Å². The number of ether oxygens (including phenoxy) is 1. The van der Waals surface area contributed by atoms with E-state index in [1.807, 2.05) is 54.6 Å². The molecule has 2 aromatic carbocycles. The van der Waals surface area contributed by atoms with Crippen molar-refractivity contribution in [3.05, 3.63) is 71.9 Å². The average molecular weight is 335 g/mol. The lowest BCUT2D eigenvalue weighted by atomic mass is 10.2. The number of rotatable bonds is 6. The molecule has 0 aliphatic heterocycles. The Kier molecular flexibility index (Phi) is 4.89. The Morgan fingerprint density at radius 1 is 1.12 bits per heavy atom. The molecule has 0 spiro atoms. The van der Waals surface area contributed by atoms with Crippen molar-refractivity contribution >= 4 is 11.8 Å². The molecule has 0 atom stereocenters. The van der Waals surface area contributed by atoms with E-state index >= 15 is 0 Å². The molecule has 0 amide bonds. The van der Waals surface area contributed by atoms with Gasteiger partial charge in [0.1, 0.15) is 17.1 Å². The fourth-order valence-corrected chi connectivity index (χ4v) is 2.33. The van der Waals surface area contributed by atoms with Gasteiger partial charge in [0.15, 0.2) is 5.82 Å². The molecule has 0 aliphatic rings. The van der Waals surface area contributed by atoms with Gasteiger partial charge in [-0.1, -0.05) is 42.5 Å². The summed E-state index contributed by atoms with van der Waals surface area (Å²) >= 11 is 0. The normalized spacial score (nSPS) is 10.3. The Balaban J connectivity index is 1.85. The van der Waals surface area contributed by atoms with E-state index in [0.717, 1.165) is 16.9 Å². The number of carboxylic acids is 1. The number of methoxy groups -OCH3 is 1. The number of aromatic carboxylic acids is 1. The van der Waals surface area contributed by atoms with Crippen LogP contribution in [0.25, 0.3) is 11.4 Å². The molecule has 0 fully saturated rings. The molecule has 0 unspecified atom stereocenters. The Morgan fingerprint density at radius 3 is 2.48 bits per heavy atom. The fourth-order valence-electron chi connectivity index (χ4n) is 2.33. The first-order valence-electron chi connectivity index (χ1n) is 7.70. The smallest absolute Gasteiger partial charge is 0.341 e. The van der Waals surface area contributed by atoms with Crippen molar-refractivity contribution in [3.63, 3.8) is 0 Å². The van der Waals surface area contributed by atoms with E-state index in [1.54, 1.807) is 7.11 Å². The van der Waals surface area contributed by atoms with Gasteiger partial charge in [-0.05, 0) is 17.7 Å². The third-order valence-electron chi connectivity index (χ3n) is 3.67. The highest BCUT2D eigenvalue weighted by molar-refractivity contribution is 5.93. The molecule has 1 aromatic heterocycles. The fraction of sp³-hybridized carbons (Fsp3) is 0.105. The summed E-state index contributed by atoms with van der Waals surface area (Å²) in [6, 6.07) is 16.9. The van der Waals surface area contributed by atoms with Gasteiger partial charge in [0.05, 0.1) is 7.11 Å². The van der Waals surface area contributed by atoms with Gasteiger partial charge in [0, 0.05) is 18.3 Å². The summed E-state index contributed by atoms with van der Waals surface area (Å²) < 4.78 is 5.13. The summed E-state index contributed by atoms with van der Waals surface area (Å²) in [7, 11) is 1.61. The van der Waals surface area contributed by atoms with E-state index in [4.69, 9.17) is 4.74 Å². The number of carbonyl (C=O) groups is 1. The van der Waals surface area contributed by atoms with E-state index in [1.165, 1.54) is 6.20 Å². The van der Waals surface area contributed by atoms with Gasteiger partial charge in [-0.2, -0.15) is 0 Å². The first kappa shape index (κ1) is 16.4. The van der Waals surface area contributed by atoms with Gasteiger partial charge >= 0.3 is 5.97 Å². The molecule has 2 N–H and O–H groups in total. The molecule has 0 aliphatic carbocycles. The molecular formula is C19H17N3O3. The van der Waals surface area contributed by atoms with Gasteiger partial charge in [0.25, 0.3) is 0 Å². The quantitative estimate of drug-likeness (QED) is 0.717. The molecule has 25 heavy (non-hydrogen) atoms. The number of nitrogens with zero attached hydrogens (tertiary/aromatic N) is 2. The van der Waals surface area contributed by atoms with Gasteiger partial charge < -0.3 is 15.2 Å². The Hall–Kier alpha value is -3.41. The Labute approximate surface area is 145 Å². The van der Waals surface area contributed by atoms with Crippen molar-refractivity contribution in [3.8, 4) is 17.1 Å². The number of carboxylic acid groups (broad SMARTS) is 1. The standard InChI is InChI=1S/C19H17N3O3/c1-25-15-9-7-13(8-10-15)11-20-18-16(19(23)24)12-21-17(22-18)14-5-3-2-4-6-14/h2-10,12H,11H2,1H3,(H,23,24)(H,20,21,22). The van der Waals surface area contributed by atoms with Gasteiger partial charge in [-0.25, -0.2) is 14.8 Å². The molecule has 0 bridgehead atoms. The number of hydrogen-bond donors (Lipinski definition) is 2. The predicted octanol–water partition coefficient (Wildman–Crippen LogP) is 3.46. The third-order valence-corrected chi connectivity index (χ3v) is 3.67. The molecule has 3 rings (SSSR count). The first-order chi connectivity index (χ1) is 12.2. The van der Waals surface area contributed by atoms with Crippen molar-refractivity contribution in [2.45, 2.75) is 6.54 Å². The maximum Gasteiger partial charge on any atom is 0.341 e. The van der Waals surface area contributed by atoms with E-state index in [-0.39, 0.29) is 11.4 Å². The summed E-state index contributed by atoms with van der Waals surface area (Å²) in [5, 5.41) is 12.4. The van der Waals surface area contributed by atoms with Crippen LogP contribution < -0.4 is 10.1 Å². The van der Waals surface area contributed by atoms with Crippen LogP contribution in [0.4, 0.5) is 5.82 Å². The second-order valence-corrected chi connectivity index (χ2v) is 5.33. The summed E-state index contributed by atoms with van der Waals surface area (Å²) in [6.07, 6.45) is 1.33. The third kappa shape index (κ3) is 3.92. The lowest BCUT2D eigenvalue weighted by molar-refractivity contribution is 0.0697. The highest BCUT2D eigenvalue weighted by atomic mass is 16.5. The van der Waals surface area contributed by atoms with Crippen molar-refractivity contribution in [2.24, 2.45) is 0 Å². The lowest BCUT2D eigenvalue weighted by Crippen LogP contribution is -2.10. The van der Waals surface area contributed by atoms with Crippen LogP contribution in [0.2, 0.25) is 0 Å². The number of anilines is 1. The molecule has 3 aromatic rings. The molecular weight excluding hydrogens is 318 g/mol. The summed E-state index contributed by atoms with van der Waals surface area (Å²) in [5.74, 6) is 0.459. The SMILES string of the molecule is COc1ccc(CNc2nc(-c3ccccc3)ncc2C(=O)O)cc1. The van der Waals surface area contributed by atoms with E-state index in [2.05, 4.69) is 15.3 Å². The molecule has 1 heterocycles. The first-order valence-corrected chi connectivity index (χ1v) is 7.70. The van der Waals surface area contributed by atoms with Crippen molar-refractivity contribution in [1.29, 1.82) is 0 Å². The number of aromatic nitrogens is 2. The van der Waals surface area contributed by atoms with E-state index < -0.39 is 5.97 Å². The zero-order chi connectivity index (χ0) is 17.6. The maximum absolute atomic E-state index is 11.4. The van der Waals surface area contributed by atoms with E-state index in [9.17, 15) is 9.90 Å². The molecule has 6 heteroatoms. The lowest BCUT2D eigenvalue weighted by Gasteiger charge is -2.10. The van der Waals surface area contributed by atoms with Crippen LogP contribution >= 0.6 is 0 Å². The second kappa shape index (κ2) is 7.44. The summed E-state index contributed by atoms with van der Waals surface area (Å²) in [5.41, 5.74) is 1.84. The highest BCUT2D eigenvalue weighted by Gasteiger charge is 2.14. The number of benzene rings is 2. The molecule has 0 saturated carbocycles. The van der Waals surface area contributed by atoms with Crippen LogP contribution in [-0.2, 0) is 6.54 Å². The van der Waals surface area contributed by atoms with E-state index in [0.29, 0.717) is 12.4 Å². The summed E-state index contributed by atoms with van der Waals surface area (Å²) in [6.45, 7) is 0.440. The zero-order valence-corrected chi connectivity index (χ0v) is 13.6. The molecule has 126 valence electrons. The van der Waals surface area contributed by atoms with Gasteiger partial charge in [-0.3, -0.25) is 0 Å². The molecule has 6 nitrogen and oxygen atoms in total. The van der Waals surface area contributed by atoms with Crippen LogP contribution in [0.3, 0.4) is 0 Å². The zero-order valence-electron chi connectivity index (χ0n) is 13.6. The van der Waals surface area contributed by atoms with Crippen LogP contribution in [-0.4, -0.2) is 28.2 Å². The van der Waals surface area contributed by atoms with Crippen LogP contribution in [0.1, 0.15) is 15.9 Å². The minimum atomic E-state index is -1.07. The maximum atomic E-state index is 11.4. The minimum absolute atomic E-state index is 0.0354. The van der Waals surface area contributed by atoms with Gasteiger partial charge in [-0.15, -0.1) is 0 Å². The van der Waals surface area contributed by atoms with Crippen LogP contribution in [0, 0.1) is 0 Å². The topological polar surface area (TPSA) is 84.3 Å². The number of hydrogen-bond acceptors (Lipinski definition) is 5. The average Bonchev–Trinajstić information content (AvgIpc) is 2.67. The van der Waals surface area contributed by atoms with Crippen LogP contribution in [0.5, 0.6) is 5.75 Å². The molecule has 0 radical (unpaired) electrons. The largest absolute Gasteiger partial charge is 0.497 e. The minimum Gasteiger partial charge on any atom is -0.497 e. The van der Waals surface area contributed by atoms with Crippen molar-refractivity contribution in [1.82, 2.24) is 9.97 Å². The predicted molar refractivity (Wildman–Crippen MR) is 94.7 cm³/mol. The highest BCUT2D eigenvalue weighted by Crippen LogP contribution is 2.20. The monoisotopic (exact) mass is 335 g/mol. The van der Waals surface area contributed by atoms with Crippen LogP contribution in [0.15, 0.2) is 60.8 Å². The Bertz CT molecular complexity index is 865. The summed E-state index contributed by atoms with van der Waals surface area (Å²) in [4.78, 5) is 20.0. The number of nitrogens with one attached hydrogen (secondary N) is 1. The second-order valence-electron chi connectivity index (χ2n) is 5.33. The Morgan fingerprint density at radius 2 is 1.84 bits per heavy atom. The van der Waals surface area contributed by atoms with Crippen molar-refractivity contribution in [2.75, 3.05) is 12.4 Å². The van der Waals surface area contributed by atoms with Gasteiger partial charge in [0.2, 0.25) is 0 Å².